The summed E-state index contributed by atoms with van der Waals surface area (Å²) in [5.41, 5.74) is 0.438. The Labute approximate surface area is 106 Å². The van der Waals surface area contributed by atoms with E-state index in [-0.39, 0.29) is 11.9 Å². The number of ether oxygens (including phenoxy) is 1. The molecule has 2 rings (SSSR count). The van der Waals surface area contributed by atoms with Crippen LogP contribution in [0.15, 0.2) is 41.0 Å². The molecule has 1 N–H and O–H groups in total. The van der Waals surface area contributed by atoms with Crippen molar-refractivity contribution in [1.29, 1.82) is 0 Å². The Kier molecular flexibility index (Phi) is 3.87. The lowest BCUT2D eigenvalue weighted by molar-refractivity contribution is 0.414. The lowest BCUT2D eigenvalue weighted by atomic mass is 10.2. The maximum Gasteiger partial charge on any atom is 0.146 e. The number of hydrogen-bond donors (Lipinski definition) is 1. The van der Waals surface area contributed by atoms with Gasteiger partial charge in [-0.25, -0.2) is 4.39 Å². The van der Waals surface area contributed by atoms with Crippen molar-refractivity contribution in [2.75, 3.05) is 12.4 Å². The van der Waals surface area contributed by atoms with Gasteiger partial charge in [0.25, 0.3) is 0 Å². The lowest BCUT2D eigenvalue weighted by Gasteiger charge is -2.15. The number of nitrogens with one attached hydrogen (secondary N) is 1. The minimum absolute atomic E-state index is 0.0674. The van der Waals surface area contributed by atoms with E-state index in [0.717, 1.165) is 5.76 Å². The quantitative estimate of drug-likeness (QED) is 0.881. The van der Waals surface area contributed by atoms with Gasteiger partial charge < -0.3 is 14.5 Å². The third kappa shape index (κ3) is 3.03. The van der Waals surface area contributed by atoms with Gasteiger partial charge in [0.05, 0.1) is 19.1 Å². The second kappa shape index (κ2) is 5.58. The highest BCUT2D eigenvalue weighted by atomic mass is 19.1. The molecule has 0 amide bonds. The van der Waals surface area contributed by atoms with Gasteiger partial charge in [-0.15, -0.1) is 0 Å². The van der Waals surface area contributed by atoms with Crippen molar-refractivity contribution in [2.24, 2.45) is 0 Å². The number of halogens is 1. The monoisotopic (exact) mass is 249 g/mol. The zero-order valence-corrected chi connectivity index (χ0v) is 10.4. The normalized spacial score (nSPS) is 12.2. The molecule has 0 aliphatic carbocycles. The summed E-state index contributed by atoms with van der Waals surface area (Å²) in [6, 6.07) is 8.44. The fourth-order valence-electron chi connectivity index (χ4n) is 1.79. The van der Waals surface area contributed by atoms with E-state index in [4.69, 9.17) is 9.15 Å². The van der Waals surface area contributed by atoms with E-state index < -0.39 is 0 Å². The average molecular weight is 249 g/mol. The van der Waals surface area contributed by atoms with Gasteiger partial charge in [-0.3, -0.25) is 0 Å². The van der Waals surface area contributed by atoms with Crippen LogP contribution in [0.5, 0.6) is 5.75 Å². The molecule has 0 aliphatic heterocycles. The molecule has 0 fully saturated rings. The fraction of sp³-hybridized carbons (Fsp3) is 0.286. The van der Waals surface area contributed by atoms with Crippen molar-refractivity contribution >= 4 is 5.69 Å². The van der Waals surface area contributed by atoms with E-state index in [1.807, 2.05) is 19.1 Å². The van der Waals surface area contributed by atoms with Gasteiger partial charge in [-0.1, -0.05) is 0 Å². The average Bonchev–Trinajstić information content (AvgIpc) is 2.84. The Morgan fingerprint density at radius 1 is 1.39 bits per heavy atom. The summed E-state index contributed by atoms with van der Waals surface area (Å²) >= 11 is 0. The predicted molar refractivity (Wildman–Crippen MR) is 68.4 cm³/mol. The van der Waals surface area contributed by atoms with Crippen LogP contribution < -0.4 is 10.1 Å². The van der Waals surface area contributed by atoms with Gasteiger partial charge in [0, 0.05) is 18.5 Å². The van der Waals surface area contributed by atoms with E-state index in [0.29, 0.717) is 17.9 Å². The van der Waals surface area contributed by atoms with Crippen LogP contribution in [0.1, 0.15) is 12.7 Å². The SMILES string of the molecule is COc1ccc(F)c(NC(C)Cc2ccco2)c1. The zero-order valence-electron chi connectivity index (χ0n) is 10.4. The largest absolute Gasteiger partial charge is 0.497 e. The second-order valence-corrected chi connectivity index (χ2v) is 4.17. The standard InChI is InChI=1S/C14H16FNO2/c1-10(8-12-4-3-7-18-12)16-14-9-11(17-2)5-6-13(14)15/h3-7,9-10,16H,8H2,1-2H3. The first-order chi connectivity index (χ1) is 8.69. The van der Waals surface area contributed by atoms with E-state index in [9.17, 15) is 4.39 Å². The Morgan fingerprint density at radius 2 is 2.22 bits per heavy atom. The Morgan fingerprint density at radius 3 is 2.89 bits per heavy atom. The van der Waals surface area contributed by atoms with Gasteiger partial charge >= 0.3 is 0 Å². The first-order valence-electron chi connectivity index (χ1n) is 5.81. The Balaban J connectivity index is 2.04. The third-order valence-electron chi connectivity index (χ3n) is 2.66. The number of hydrogen-bond acceptors (Lipinski definition) is 3. The summed E-state index contributed by atoms with van der Waals surface area (Å²) in [6.45, 7) is 1.97. The topological polar surface area (TPSA) is 34.4 Å². The molecule has 1 atom stereocenters. The van der Waals surface area contributed by atoms with E-state index in [1.54, 1.807) is 25.5 Å². The Bertz CT molecular complexity index is 497. The molecular weight excluding hydrogens is 233 g/mol. The smallest absolute Gasteiger partial charge is 0.146 e. The molecule has 0 saturated carbocycles. The van der Waals surface area contributed by atoms with Crippen LogP contribution in [-0.4, -0.2) is 13.2 Å². The van der Waals surface area contributed by atoms with Crippen LogP contribution in [-0.2, 0) is 6.42 Å². The molecule has 96 valence electrons. The first-order valence-corrected chi connectivity index (χ1v) is 5.81. The van der Waals surface area contributed by atoms with Crippen LogP contribution >= 0.6 is 0 Å². The van der Waals surface area contributed by atoms with Gasteiger partial charge in [-0.2, -0.15) is 0 Å². The van der Waals surface area contributed by atoms with Gasteiger partial charge in [0.2, 0.25) is 0 Å². The molecule has 3 nitrogen and oxygen atoms in total. The summed E-state index contributed by atoms with van der Waals surface area (Å²) in [4.78, 5) is 0. The number of methoxy groups -OCH3 is 1. The van der Waals surface area contributed by atoms with Gasteiger partial charge in [0.15, 0.2) is 0 Å². The molecule has 4 heteroatoms. The molecule has 2 aromatic rings. The Hall–Kier alpha value is -1.97. The minimum atomic E-state index is -0.290. The maximum absolute atomic E-state index is 13.6. The van der Waals surface area contributed by atoms with Crippen LogP contribution in [0.3, 0.4) is 0 Å². The highest BCUT2D eigenvalue weighted by molar-refractivity contribution is 5.50. The molecule has 0 radical (unpaired) electrons. The summed E-state index contributed by atoms with van der Waals surface area (Å²) in [5, 5.41) is 3.11. The number of benzene rings is 1. The number of anilines is 1. The van der Waals surface area contributed by atoms with Crippen LogP contribution in [0.25, 0.3) is 0 Å². The molecule has 1 heterocycles. The van der Waals surface area contributed by atoms with Crippen molar-refractivity contribution in [3.8, 4) is 5.75 Å². The maximum atomic E-state index is 13.6. The number of rotatable bonds is 5. The van der Waals surface area contributed by atoms with Crippen LogP contribution in [0, 0.1) is 5.82 Å². The fourth-order valence-corrected chi connectivity index (χ4v) is 1.79. The molecule has 0 saturated heterocycles. The number of furan rings is 1. The van der Waals surface area contributed by atoms with Crippen molar-refractivity contribution in [2.45, 2.75) is 19.4 Å². The highest BCUT2D eigenvalue weighted by Crippen LogP contribution is 2.22. The highest BCUT2D eigenvalue weighted by Gasteiger charge is 2.09. The van der Waals surface area contributed by atoms with Gasteiger partial charge in [0.1, 0.15) is 17.3 Å². The molecule has 1 unspecified atom stereocenters. The van der Waals surface area contributed by atoms with E-state index >= 15 is 0 Å². The molecule has 1 aromatic heterocycles. The van der Waals surface area contributed by atoms with Gasteiger partial charge in [-0.05, 0) is 31.2 Å². The van der Waals surface area contributed by atoms with Crippen LogP contribution in [0.4, 0.5) is 10.1 Å². The summed E-state index contributed by atoms with van der Waals surface area (Å²) < 4.78 is 23.9. The molecule has 0 bridgehead atoms. The molecule has 0 spiro atoms. The van der Waals surface area contributed by atoms with Crippen molar-refractivity contribution in [1.82, 2.24) is 0 Å². The summed E-state index contributed by atoms with van der Waals surface area (Å²) in [5.74, 6) is 1.21. The third-order valence-corrected chi connectivity index (χ3v) is 2.66. The van der Waals surface area contributed by atoms with Crippen molar-refractivity contribution < 1.29 is 13.5 Å². The summed E-state index contributed by atoms with van der Waals surface area (Å²) in [7, 11) is 1.56. The molecule has 0 aliphatic rings. The molecule has 18 heavy (non-hydrogen) atoms. The minimum Gasteiger partial charge on any atom is -0.497 e. The van der Waals surface area contributed by atoms with Crippen molar-refractivity contribution in [3.63, 3.8) is 0 Å². The lowest BCUT2D eigenvalue weighted by Crippen LogP contribution is -2.18. The first kappa shape index (κ1) is 12.5. The predicted octanol–water partition coefficient (Wildman–Crippen LogP) is 3.47. The summed E-state index contributed by atoms with van der Waals surface area (Å²) in [6.07, 6.45) is 2.33. The van der Waals surface area contributed by atoms with E-state index in [2.05, 4.69) is 5.32 Å². The molecular formula is C14H16FNO2. The zero-order chi connectivity index (χ0) is 13.0. The van der Waals surface area contributed by atoms with Crippen molar-refractivity contribution in [3.05, 3.63) is 48.2 Å². The second-order valence-electron chi connectivity index (χ2n) is 4.17. The molecule has 1 aromatic carbocycles. The van der Waals surface area contributed by atoms with E-state index in [1.165, 1.54) is 6.07 Å². The van der Waals surface area contributed by atoms with Crippen LogP contribution in [0.2, 0.25) is 0 Å².